The van der Waals surface area contributed by atoms with E-state index in [4.69, 9.17) is 4.74 Å². The largest absolute Gasteiger partial charge is 0.484 e. The van der Waals surface area contributed by atoms with E-state index in [2.05, 4.69) is 11.9 Å². The van der Waals surface area contributed by atoms with Crippen LogP contribution in [0.5, 0.6) is 5.75 Å². The van der Waals surface area contributed by atoms with Gasteiger partial charge in [0, 0.05) is 69.7 Å². The first-order valence-electron chi connectivity index (χ1n) is 13.2. The number of carbonyl (C=O) groups excluding carboxylic acids is 2. The maximum atomic E-state index is 13.6. The number of fused-ring (bicyclic) bond motifs is 3. The molecule has 0 saturated carbocycles. The molecule has 36 heavy (non-hydrogen) atoms. The molecule has 1 saturated heterocycles. The zero-order chi connectivity index (χ0) is 25.7. The van der Waals surface area contributed by atoms with E-state index in [9.17, 15) is 9.59 Å². The van der Waals surface area contributed by atoms with Crippen molar-refractivity contribution < 1.29 is 14.3 Å². The molecular weight excluding hydrogens is 452 g/mol. The van der Waals surface area contributed by atoms with Crippen LogP contribution < -0.4 is 14.5 Å². The zero-order valence-corrected chi connectivity index (χ0v) is 22.2. The van der Waals surface area contributed by atoms with Gasteiger partial charge in [0.1, 0.15) is 5.75 Å². The van der Waals surface area contributed by atoms with Gasteiger partial charge in [-0.2, -0.15) is 0 Å². The van der Waals surface area contributed by atoms with Crippen LogP contribution in [0.4, 0.5) is 11.4 Å². The quantitative estimate of drug-likeness (QED) is 0.627. The second kappa shape index (κ2) is 11.8. The van der Waals surface area contributed by atoms with Crippen molar-refractivity contribution in [3.63, 3.8) is 0 Å². The van der Waals surface area contributed by atoms with Crippen LogP contribution in [0.25, 0.3) is 0 Å². The second-order valence-corrected chi connectivity index (χ2v) is 10.2. The molecule has 7 heteroatoms. The van der Waals surface area contributed by atoms with Crippen molar-refractivity contribution >= 4 is 23.2 Å². The molecule has 2 bridgehead atoms. The summed E-state index contributed by atoms with van der Waals surface area (Å²) in [6.45, 7) is 3.71. The summed E-state index contributed by atoms with van der Waals surface area (Å²) in [5.41, 5.74) is 2.95. The van der Waals surface area contributed by atoms with Crippen LogP contribution in [0.3, 0.4) is 0 Å². The fraction of sp³-hybridized carbons (Fsp3) is 0.517. The number of amides is 2. The minimum absolute atomic E-state index is 0.0173. The molecule has 2 heterocycles. The summed E-state index contributed by atoms with van der Waals surface area (Å²) in [7, 11) is 6.14. The fourth-order valence-electron chi connectivity index (χ4n) is 5.42. The molecule has 2 aromatic rings. The van der Waals surface area contributed by atoms with Gasteiger partial charge in [0.25, 0.3) is 5.91 Å². The summed E-state index contributed by atoms with van der Waals surface area (Å²) in [5, 5.41) is 0. The van der Waals surface area contributed by atoms with Crippen molar-refractivity contribution in [3.8, 4) is 5.75 Å². The molecular formula is C29H40N4O3. The third-order valence-corrected chi connectivity index (χ3v) is 7.64. The van der Waals surface area contributed by atoms with Crippen LogP contribution in [0.15, 0.2) is 48.5 Å². The van der Waals surface area contributed by atoms with Crippen LogP contribution in [0.2, 0.25) is 0 Å². The first-order valence-corrected chi connectivity index (χ1v) is 13.2. The Labute approximate surface area is 215 Å². The Hall–Kier alpha value is -3.06. The van der Waals surface area contributed by atoms with Crippen molar-refractivity contribution in [2.24, 2.45) is 0 Å². The van der Waals surface area contributed by atoms with Gasteiger partial charge in [0.05, 0.1) is 0 Å². The number of hydrogen-bond donors (Lipinski definition) is 0. The van der Waals surface area contributed by atoms with Crippen LogP contribution in [0.1, 0.15) is 44.6 Å². The molecule has 2 amide bonds. The van der Waals surface area contributed by atoms with Crippen molar-refractivity contribution in [2.45, 2.75) is 57.7 Å². The van der Waals surface area contributed by atoms with Crippen molar-refractivity contribution in [1.82, 2.24) is 9.80 Å². The summed E-state index contributed by atoms with van der Waals surface area (Å²) in [4.78, 5) is 34.9. The lowest BCUT2D eigenvalue weighted by molar-refractivity contribution is -0.135. The second-order valence-electron chi connectivity index (χ2n) is 10.2. The van der Waals surface area contributed by atoms with Gasteiger partial charge in [-0.25, -0.2) is 0 Å². The van der Waals surface area contributed by atoms with Crippen molar-refractivity contribution in [2.75, 3.05) is 50.6 Å². The van der Waals surface area contributed by atoms with Gasteiger partial charge >= 0.3 is 0 Å². The topological polar surface area (TPSA) is 56.3 Å². The SMILES string of the molecule is CCC(=O)N1CCC2CCCC(CN(C(=O)COc3cccc(N(C)C)c3)Cc3ccccc31)N2C. The number of anilines is 2. The molecule has 7 nitrogen and oxygen atoms in total. The molecule has 194 valence electrons. The van der Waals surface area contributed by atoms with E-state index in [0.29, 0.717) is 43.9 Å². The monoisotopic (exact) mass is 492 g/mol. The number of para-hydroxylation sites is 1. The summed E-state index contributed by atoms with van der Waals surface area (Å²) in [6.07, 6.45) is 4.74. The summed E-state index contributed by atoms with van der Waals surface area (Å²) in [5.74, 6) is 0.768. The number of likely N-dealkylation sites (N-methyl/N-ethyl adjacent to an activating group) is 1. The van der Waals surface area contributed by atoms with Crippen molar-refractivity contribution in [3.05, 3.63) is 54.1 Å². The number of rotatable bonds is 5. The highest BCUT2D eigenvalue weighted by Gasteiger charge is 2.32. The van der Waals surface area contributed by atoms with E-state index in [1.807, 2.05) is 84.2 Å². The molecule has 2 aliphatic heterocycles. The average molecular weight is 493 g/mol. The summed E-state index contributed by atoms with van der Waals surface area (Å²) >= 11 is 0. The van der Waals surface area contributed by atoms with Crippen LogP contribution in [0, 0.1) is 0 Å². The molecule has 4 rings (SSSR count). The molecule has 0 aromatic heterocycles. The molecule has 2 aliphatic rings. The molecule has 0 aliphatic carbocycles. The Kier molecular flexibility index (Phi) is 8.52. The molecule has 2 aromatic carbocycles. The maximum Gasteiger partial charge on any atom is 0.260 e. The number of piperidine rings is 1. The highest BCUT2D eigenvalue weighted by molar-refractivity contribution is 5.94. The highest BCUT2D eigenvalue weighted by Crippen LogP contribution is 2.30. The minimum atomic E-state index is -0.0387. The Morgan fingerprint density at radius 3 is 2.56 bits per heavy atom. The Morgan fingerprint density at radius 1 is 1.00 bits per heavy atom. The van der Waals surface area contributed by atoms with Gasteiger partial charge in [0.15, 0.2) is 6.61 Å². The van der Waals surface area contributed by atoms with Gasteiger partial charge in [-0.15, -0.1) is 0 Å². The van der Waals surface area contributed by atoms with E-state index in [1.165, 1.54) is 0 Å². The first-order chi connectivity index (χ1) is 17.4. The molecule has 0 radical (unpaired) electrons. The lowest BCUT2D eigenvalue weighted by atomic mass is 9.93. The molecule has 2 atom stereocenters. The Bertz CT molecular complexity index is 1060. The van der Waals surface area contributed by atoms with E-state index in [0.717, 1.165) is 42.6 Å². The van der Waals surface area contributed by atoms with Gasteiger partial charge in [-0.3, -0.25) is 14.5 Å². The number of benzene rings is 2. The number of carbonyl (C=O) groups is 2. The van der Waals surface area contributed by atoms with Gasteiger partial charge < -0.3 is 19.4 Å². The van der Waals surface area contributed by atoms with E-state index in [1.54, 1.807) is 0 Å². The van der Waals surface area contributed by atoms with E-state index < -0.39 is 0 Å². The van der Waals surface area contributed by atoms with Gasteiger partial charge in [0.2, 0.25) is 5.91 Å². The minimum Gasteiger partial charge on any atom is -0.484 e. The summed E-state index contributed by atoms with van der Waals surface area (Å²) < 4.78 is 5.96. The third kappa shape index (κ3) is 6.01. The lowest BCUT2D eigenvalue weighted by Gasteiger charge is -2.41. The fourth-order valence-corrected chi connectivity index (χ4v) is 5.42. The number of ether oxygens (including phenoxy) is 1. The lowest BCUT2D eigenvalue weighted by Crippen LogP contribution is -2.51. The predicted octanol–water partition coefficient (Wildman–Crippen LogP) is 4.16. The van der Waals surface area contributed by atoms with Crippen LogP contribution in [-0.4, -0.2) is 74.5 Å². The molecule has 1 fully saturated rings. The van der Waals surface area contributed by atoms with E-state index >= 15 is 0 Å². The third-order valence-electron chi connectivity index (χ3n) is 7.64. The summed E-state index contributed by atoms with van der Waals surface area (Å²) in [6, 6.07) is 16.5. The average Bonchev–Trinajstić information content (AvgIpc) is 2.90. The normalized spacial score (nSPS) is 20.8. The first kappa shape index (κ1) is 26.0. The Morgan fingerprint density at radius 2 is 1.78 bits per heavy atom. The maximum absolute atomic E-state index is 13.6. The molecule has 0 spiro atoms. The zero-order valence-electron chi connectivity index (χ0n) is 22.2. The smallest absolute Gasteiger partial charge is 0.260 e. The van der Waals surface area contributed by atoms with Gasteiger partial charge in [-0.05, 0) is 50.1 Å². The highest BCUT2D eigenvalue weighted by atomic mass is 16.5. The molecule has 0 N–H and O–H groups in total. The number of nitrogens with zero attached hydrogens (tertiary/aromatic N) is 4. The van der Waals surface area contributed by atoms with Crippen molar-refractivity contribution in [1.29, 1.82) is 0 Å². The van der Waals surface area contributed by atoms with Crippen LogP contribution >= 0.6 is 0 Å². The van der Waals surface area contributed by atoms with Gasteiger partial charge in [-0.1, -0.05) is 37.6 Å². The predicted molar refractivity (Wildman–Crippen MR) is 145 cm³/mol. The molecule has 2 unspecified atom stereocenters. The van der Waals surface area contributed by atoms with Crippen LogP contribution in [-0.2, 0) is 16.1 Å². The standard InChI is InChI=1S/C29H40N4O3/c1-5-28(34)33-17-16-23-11-8-13-25(31(23)4)20-32(19-22-10-6-7-15-27(22)33)29(35)21-36-26-14-9-12-24(18-26)30(2)3/h6-7,9-10,12,14-15,18,23,25H,5,8,11,13,16-17,19-21H2,1-4H3. The van der Waals surface area contributed by atoms with E-state index in [-0.39, 0.29) is 18.4 Å². The number of hydrogen-bond acceptors (Lipinski definition) is 5. The Balaban J connectivity index is 1.61.